The lowest BCUT2D eigenvalue weighted by Gasteiger charge is -2.17. The summed E-state index contributed by atoms with van der Waals surface area (Å²) >= 11 is 3.60. The Morgan fingerprint density at radius 1 is 1.21 bits per heavy atom. The van der Waals surface area contributed by atoms with Gasteiger partial charge in [-0.15, -0.1) is 0 Å². The first-order valence-corrected chi connectivity index (χ1v) is 5.55. The van der Waals surface area contributed by atoms with E-state index in [0.29, 0.717) is 0 Å². The average Bonchev–Trinajstić information content (AvgIpc) is 2.47. The molecule has 1 aromatic heterocycles. The number of aromatic amines is 1. The quantitative estimate of drug-likeness (QED) is 0.722. The molecule has 14 heavy (non-hydrogen) atoms. The Kier molecular flexibility index (Phi) is 2.18. The minimum absolute atomic E-state index is 0.183. The van der Waals surface area contributed by atoms with Crippen LogP contribution in [0.3, 0.4) is 0 Å². The first-order valence-electron chi connectivity index (χ1n) is 4.76. The number of hydrogen-bond donors (Lipinski definition) is 1. The van der Waals surface area contributed by atoms with Crippen LogP contribution in [-0.2, 0) is 5.41 Å². The zero-order valence-electron chi connectivity index (χ0n) is 8.69. The highest BCUT2D eigenvalue weighted by molar-refractivity contribution is 9.10. The van der Waals surface area contributed by atoms with Crippen molar-refractivity contribution in [2.75, 3.05) is 0 Å². The molecule has 0 radical (unpaired) electrons. The summed E-state index contributed by atoms with van der Waals surface area (Å²) in [5.74, 6) is 0. The fourth-order valence-corrected chi connectivity index (χ4v) is 2.31. The van der Waals surface area contributed by atoms with Gasteiger partial charge in [-0.3, -0.25) is 0 Å². The van der Waals surface area contributed by atoms with Crippen molar-refractivity contribution < 1.29 is 0 Å². The molecule has 2 aromatic rings. The molecule has 2 rings (SSSR count). The van der Waals surface area contributed by atoms with Crippen LogP contribution in [0.5, 0.6) is 0 Å². The maximum Gasteiger partial charge on any atom is 0.0468 e. The second-order valence-electron chi connectivity index (χ2n) is 4.61. The molecule has 0 bridgehead atoms. The van der Waals surface area contributed by atoms with Crippen molar-refractivity contribution >= 4 is 26.8 Å². The molecule has 1 N–H and O–H groups in total. The second kappa shape index (κ2) is 3.13. The van der Waals surface area contributed by atoms with Crippen molar-refractivity contribution in [1.82, 2.24) is 4.98 Å². The normalized spacial score (nSPS) is 12.3. The third-order valence-corrected chi connectivity index (χ3v) is 3.12. The number of fused-ring (bicyclic) bond motifs is 1. The number of halogens is 1. The Labute approximate surface area is 92.6 Å². The zero-order chi connectivity index (χ0) is 10.3. The lowest BCUT2D eigenvalue weighted by Crippen LogP contribution is -2.10. The number of hydrogen-bond acceptors (Lipinski definition) is 0. The molecule has 0 fully saturated rings. The van der Waals surface area contributed by atoms with Gasteiger partial charge >= 0.3 is 0 Å². The molecular formula is C12H14BrN. The Morgan fingerprint density at radius 3 is 2.57 bits per heavy atom. The fraction of sp³-hybridized carbons (Fsp3) is 0.333. The van der Waals surface area contributed by atoms with Crippen LogP contribution in [0.25, 0.3) is 10.9 Å². The van der Waals surface area contributed by atoms with Gasteiger partial charge in [0.2, 0.25) is 0 Å². The standard InChI is InChI=1S/C12H14BrN/c1-12(2,3)8-7-14-10-6-4-5-9(13)11(8)10/h4-7,14H,1-3H3. The van der Waals surface area contributed by atoms with Crippen molar-refractivity contribution in [3.05, 3.63) is 34.4 Å². The van der Waals surface area contributed by atoms with Gasteiger partial charge in [-0.2, -0.15) is 0 Å². The molecule has 0 atom stereocenters. The van der Waals surface area contributed by atoms with Crippen LogP contribution in [0.2, 0.25) is 0 Å². The Hall–Kier alpha value is -0.760. The van der Waals surface area contributed by atoms with Crippen molar-refractivity contribution in [2.45, 2.75) is 26.2 Å². The van der Waals surface area contributed by atoms with Crippen molar-refractivity contribution in [3.63, 3.8) is 0 Å². The molecule has 0 amide bonds. The summed E-state index contributed by atoms with van der Waals surface area (Å²) in [7, 11) is 0. The summed E-state index contributed by atoms with van der Waals surface area (Å²) in [4.78, 5) is 3.31. The molecular weight excluding hydrogens is 238 g/mol. The maximum absolute atomic E-state index is 3.60. The molecule has 0 unspecified atom stereocenters. The van der Waals surface area contributed by atoms with Crippen LogP contribution in [0, 0.1) is 0 Å². The van der Waals surface area contributed by atoms with E-state index in [9.17, 15) is 0 Å². The van der Waals surface area contributed by atoms with Gasteiger partial charge in [-0.05, 0) is 23.1 Å². The molecule has 0 saturated carbocycles. The van der Waals surface area contributed by atoms with Crippen LogP contribution in [-0.4, -0.2) is 4.98 Å². The van der Waals surface area contributed by atoms with Crippen molar-refractivity contribution in [3.8, 4) is 0 Å². The molecule has 0 spiro atoms. The predicted octanol–water partition coefficient (Wildman–Crippen LogP) is 4.23. The Balaban J connectivity index is 2.80. The van der Waals surface area contributed by atoms with E-state index in [1.807, 2.05) is 0 Å². The number of aromatic nitrogens is 1. The molecule has 0 aliphatic rings. The number of benzene rings is 1. The van der Waals surface area contributed by atoms with Gasteiger partial charge in [0.25, 0.3) is 0 Å². The molecule has 74 valence electrons. The number of rotatable bonds is 0. The van der Waals surface area contributed by atoms with E-state index in [2.05, 4.69) is 66.1 Å². The third kappa shape index (κ3) is 1.48. The van der Waals surface area contributed by atoms with Gasteiger partial charge in [0.1, 0.15) is 0 Å². The smallest absolute Gasteiger partial charge is 0.0468 e. The molecule has 0 saturated heterocycles. The number of H-pyrrole nitrogens is 1. The summed E-state index contributed by atoms with van der Waals surface area (Å²) in [5.41, 5.74) is 2.74. The van der Waals surface area contributed by atoms with Crippen LogP contribution in [0.15, 0.2) is 28.9 Å². The van der Waals surface area contributed by atoms with E-state index < -0.39 is 0 Å². The average molecular weight is 252 g/mol. The van der Waals surface area contributed by atoms with Gasteiger partial charge in [0.05, 0.1) is 0 Å². The van der Waals surface area contributed by atoms with Crippen LogP contribution < -0.4 is 0 Å². The van der Waals surface area contributed by atoms with E-state index in [4.69, 9.17) is 0 Å². The largest absolute Gasteiger partial charge is 0.361 e. The Bertz CT molecular complexity index is 463. The molecule has 0 aliphatic carbocycles. The molecule has 1 nitrogen and oxygen atoms in total. The van der Waals surface area contributed by atoms with Gasteiger partial charge in [0, 0.05) is 21.6 Å². The first-order chi connectivity index (χ1) is 6.50. The summed E-state index contributed by atoms with van der Waals surface area (Å²) in [6.07, 6.45) is 2.11. The second-order valence-corrected chi connectivity index (χ2v) is 5.47. The summed E-state index contributed by atoms with van der Waals surface area (Å²) in [5, 5.41) is 1.31. The van der Waals surface area contributed by atoms with Gasteiger partial charge < -0.3 is 4.98 Å². The van der Waals surface area contributed by atoms with Crippen molar-refractivity contribution in [2.24, 2.45) is 0 Å². The molecule has 2 heteroatoms. The predicted molar refractivity (Wildman–Crippen MR) is 64.7 cm³/mol. The lowest BCUT2D eigenvalue weighted by atomic mass is 9.87. The number of nitrogens with one attached hydrogen (secondary N) is 1. The third-order valence-electron chi connectivity index (χ3n) is 2.46. The fourth-order valence-electron chi connectivity index (χ4n) is 1.73. The molecule has 0 aliphatic heterocycles. The van der Waals surface area contributed by atoms with E-state index in [1.165, 1.54) is 20.9 Å². The zero-order valence-corrected chi connectivity index (χ0v) is 10.3. The summed E-state index contributed by atoms with van der Waals surface area (Å²) in [6.45, 7) is 6.69. The molecule has 1 heterocycles. The van der Waals surface area contributed by atoms with Crippen LogP contribution in [0.4, 0.5) is 0 Å². The van der Waals surface area contributed by atoms with Crippen molar-refractivity contribution in [1.29, 1.82) is 0 Å². The first kappa shape index (κ1) is 9.78. The topological polar surface area (TPSA) is 15.8 Å². The van der Waals surface area contributed by atoms with Gasteiger partial charge in [-0.1, -0.05) is 42.8 Å². The minimum atomic E-state index is 0.183. The van der Waals surface area contributed by atoms with E-state index in [1.54, 1.807) is 0 Å². The van der Waals surface area contributed by atoms with Crippen LogP contribution in [0.1, 0.15) is 26.3 Å². The Morgan fingerprint density at radius 2 is 1.93 bits per heavy atom. The highest BCUT2D eigenvalue weighted by Gasteiger charge is 2.19. The highest BCUT2D eigenvalue weighted by atomic mass is 79.9. The SMILES string of the molecule is CC(C)(C)c1c[nH]c2cccc(Br)c12. The van der Waals surface area contributed by atoms with Gasteiger partial charge in [-0.25, -0.2) is 0 Å². The molecule has 1 aromatic carbocycles. The van der Waals surface area contributed by atoms with E-state index in [-0.39, 0.29) is 5.41 Å². The summed E-state index contributed by atoms with van der Waals surface area (Å²) < 4.78 is 1.17. The highest BCUT2D eigenvalue weighted by Crippen LogP contribution is 2.34. The summed E-state index contributed by atoms with van der Waals surface area (Å²) in [6, 6.07) is 6.25. The maximum atomic E-state index is 3.60. The van der Waals surface area contributed by atoms with Crippen LogP contribution >= 0.6 is 15.9 Å². The lowest BCUT2D eigenvalue weighted by molar-refractivity contribution is 0.595. The van der Waals surface area contributed by atoms with E-state index in [0.717, 1.165) is 0 Å². The monoisotopic (exact) mass is 251 g/mol. The van der Waals surface area contributed by atoms with E-state index >= 15 is 0 Å². The minimum Gasteiger partial charge on any atom is -0.361 e. The van der Waals surface area contributed by atoms with Gasteiger partial charge in [0.15, 0.2) is 0 Å².